The van der Waals surface area contributed by atoms with E-state index in [-0.39, 0.29) is 24.4 Å². The van der Waals surface area contributed by atoms with Gasteiger partial charge in [-0.3, -0.25) is 24.0 Å². The smallest absolute Gasteiger partial charge is 0.274 e. The number of anilines is 1. The summed E-state index contributed by atoms with van der Waals surface area (Å²) in [4.78, 5) is 57.8. The Morgan fingerprint density at radius 1 is 1.27 bits per heavy atom. The minimum atomic E-state index is -0.881. The predicted octanol–water partition coefficient (Wildman–Crippen LogP) is -0.298. The quantitative estimate of drug-likeness (QED) is 0.517. The number of hydrogen-bond donors (Lipinski definition) is 3. The van der Waals surface area contributed by atoms with Gasteiger partial charge in [0.15, 0.2) is 5.78 Å². The van der Waals surface area contributed by atoms with Crippen LogP contribution in [0, 0.1) is 0 Å². The van der Waals surface area contributed by atoms with E-state index < -0.39 is 29.3 Å². The van der Waals surface area contributed by atoms with E-state index in [2.05, 4.69) is 10.6 Å². The summed E-state index contributed by atoms with van der Waals surface area (Å²) in [6.45, 7) is 2.36. The summed E-state index contributed by atoms with van der Waals surface area (Å²) in [6, 6.07) is 1.99. The van der Waals surface area contributed by atoms with Crippen LogP contribution in [0.4, 0.5) is 5.69 Å². The van der Waals surface area contributed by atoms with E-state index in [1.807, 2.05) is 0 Å². The second-order valence-electron chi connectivity index (χ2n) is 5.65. The Hall–Kier alpha value is -3.23. The summed E-state index contributed by atoms with van der Waals surface area (Å²) in [5, 5.41) is 4.95. The van der Waals surface area contributed by atoms with Crippen molar-refractivity contribution in [1.82, 2.24) is 9.88 Å². The molecule has 0 aromatic carbocycles. The Labute approximate surface area is 150 Å². The number of pyridine rings is 1. The minimum absolute atomic E-state index is 0.0339. The summed E-state index contributed by atoms with van der Waals surface area (Å²) >= 11 is 0. The van der Waals surface area contributed by atoms with Crippen molar-refractivity contribution in [2.75, 3.05) is 5.32 Å². The van der Waals surface area contributed by atoms with Crippen molar-refractivity contribution in [1.29, 1.82) is 0 Å². The van der Waals surface area contributed by atoms with E-state index in [4.69, 9.17) is 5.73 Å². The third-order valence-corrected chi connectivity index (χ3v) is 3.27. The summed E-state index contributed by atoms with van der Waals surface area (Å²) < 4.78 is 1.07. The first-order valence-electron chi connectivity index (χ1n) is 7.93. The van der Waals surface area contributed by atoms with Gasteiger partial charge in [0.25, 0.3) is 5.56 Å². The molecule has 0 unspecified atom stereocenters. The molecule has 9 nitrogen and oxygen atoms in total. The number of carbonyl (C=O) groups is 4. The van der Waals surface area contributed by atoms with Crippen molar-refractivity contribution in [3.05, 3.63) is 40.8 Å². The van der Waals surface area contributed by atoms with E-state index >= 15 is 0 Å². The normalized spacial score (nSPS) is 11.8. The van der Waals surface area contributed by atoms with E-state index in [1.54, 1.807) is 6.08 Å². The summed E-state index contributed by atoms with van der Waals surface area (Å²) in [5.74, 6) is -1.79. The molecule has 0 saturated heterocycles. The molecule has 26 heavy (non-hydrogen) atoms. The van der Waals surface area contributed by atoms with Gasteiger partial charge in [-0.1, -0.05) is 6.08 Å². The molecule has 0 spiro atoms. The van der Waals surface area contributed by atoms with Crippen molar-refractivity contribution < 1.29 is 19.2 Å². The van der Waals surface area contributed by atoms with Gasteiger partial charge in [0, 0.05) is 13.1 Å². The molecule has 1 heterocycles. The van der Waals surface area contributed by atoms with Gasteiger partial charge in [0.1, 0.15) is 18.3 Å². The molecule has 9 heteroatoms. The van der Waals surface area contributed by atoms with Gasteiger partial charge in [-0.2, -0.15) is 0 Å². The molecule has 0 aliphatic carbocycles. The van der Waals surface area contributed by atoms with Crippen molar-refractivity contribution >= 4 is 29.2 Å². The van der Waals surface area contributed by atoms with Crippen LogP contribution in [-0.2, 0) is 25.7 Å². The highest BCUT2D eigenvalue weighted by Gasteiger charge is 2.20. The molecule has 4 N–H and O–H groups in total. The first-order chi connectivity index (χ1) is 12.2. The molecular formula is C17H22N4O5. The lowest BCUT2D eigenvalue weighted by molar-refractivity contribution is -0.125. The molecule has 0 fully saturated rings. The van der Waals surface area contributed by atoms with Gasteiger partial charge >= 0.3 is 0 Å². The summed E-state index contributed by atoms with van der Waals surface area (Å²) in [6.07, 6.45) is 4.99. The Kier molecular flexibility index (Phi) is 7.94. The van der Waals surface area contributed by atoms with Crippen LogP contribution in [-0.4, -0.2) is 34.1 Å². The minimum Gasteiger partial charge on any atom is -0.368 e. The van der Waals surface area contributed by atoms with E-state index in [0.29, 0.717) is 6.42 Å². The fraction of sp³-hybridized carbons (Fsp3) is 0.353. The fourth-order valence-electron chi connectivity index (χ4n) is 2.17. The average Bonchev–Trinajstić information content (AvgIpc) is 2.53. The molecule has 140 valence electrons. The number of hydrogen-bond acceptors (Lipinski definition) is 5. The maximum atomic E-state index is 12.4. The van der Waals surface area contributed by atoms with Gasteiger partial charge < -0.3 is 20.9 Å². The lowest BCUT2D eigenvalue weighted by Gasteiger charge is -2.17. The lowest BCUT2D eigenvalue weighted by atomic mass is 10.1. The van der Waals surface area contributed by atoms with Crippen LogP contribution in [0.2, 0.25) is 0 Å². The van der Waals surface area contributed by atoms with Crippen LogP contribution in [0.5, 0.6) is 0 Å². The molecule has 1 aromatic rings. The first-order valence-corrected chi connectivity index (χ1v) is 7.93. The van der Waals surface area contributed by atoms with Crippen LogP contribution in [0.3, 0.4) is 0 Å². The monoisotopic (exact) mass is 362 g/mol. The highest BCUT2D eigenvalue weighted by Crippen LogP contribution is 2.05. The molecular weight excluding hydrogens is 340 g/mol. The zero-order chi connectivity index (χ0) is 19.7. The van der Waals surface area contributed by atoms with Crippen molar-refractivity contribution in [2.24, 2.45) is 5.73 Å². The van der Waals surface area contributed by atoms with Gasteiger partial charge in [0.05, 0.1) is 0 Å². The number of rotatable bonds is 9. The third kappa shape index (κ3) is 7.12. The van der Waals surface area contributed by atoms with E-state index in [0.717, 1.165) is 4.57 Å². The molecule has 0 saturated carbocycles. The van der Waals surface area contributed by atoms with Crippen LogP contribution in [0.15, 0.2) is 35.3 Å². The van der Waals surface area contributed by atoms with Gasteiger partial charge in [-0.15, -0.1) is 0 Å². The zero-order valence-corrected chi connectivity index (χ0v) is 14.7. The molecule has 0 aliphatic heterocycles. The second kappa shape index (κ2) is 9.92. The molecule has 0 aliphatic rings. The number of nitrogens with two attached hydrogens (primary N) is 1. The van der Waals surface area contributed by atoms with E-state index in [1.165, 1.54) is 38.3 Å². The Bertz CT molecular complexity index is 782. The number of primary amides is 1. The summed E-state index contributed by atoms with van der Waals surface area (Å²) in [7, 11) is 0. The van der Waals surface area contributed by atoms with Gasteiger partial charge in [-0.25, -0.2) is 0 Å². The molecule has 1 atom stereocenters. The number of aromatic nitrogens is 1. The molecule has 0 bridgehead atoms. The standard InChI is InChI=1S/C17H22N4O5/c1-11(22)6-3-4-7-13(19-12(2)23)16(25)20-14-8-5-9-21(17(14)26)10-15(18)24/h3,5-6,8-9,13H,4,7,10H2,1-2H3,(H2,18,24)(H,19,23)(H,20,25)/b6-3+/t13-/m0/s1. The molecule has 0 radical (unpaired) electrons. The number of allylic oxidation sites excluding steroid dienone is 2. The van der Waals surface area contributed by atoms with Gasteiger partial charge in [-0.05, 0) is 38.0 Å². The highest BCUT2D eigenvalue weighted by molar-refractivity contribution is 5.96. The summed E-state index contributed by atoms with van der Waals surface area (Å²) in [5.41, 5.74) is 4.45. The second-order valence-corrected chi connectivity index (χ2v) is 5.65. The zero-order valence-electron chi connectivity index (χ0n) is 14.7. The SMILES string of the molecule is CC(=O)/C=C/CC[C@H](NC(C)=O)C(=O)Nc1cccn(CC(N)=O)c1=O. The third-order valence-electron chi connectivity index (χ3n) is 3.27. The van der Waals surface area contributed by atoms with Crippen molar-refractivity contribution in [2.45, 2.75) is 39.3 Å². The molecule has 1 aromatic heterocycles. The maximum absolute atomic E-state index is 12.4. The van der Waals surface area contributed by atoms with Crippen LogP contribution in [0.25, 0.3) is 0 Å². The van der Waals surface area contributed by atoms with E-state index in [9.17, 15) is 24.0 Å². The van der Waals surface area contributed by atoms with Gasteiger partial charge in [0.2, 0.25) is 17.7 Å². The number of ketones is 1. The number of amides is 3. The Balaban J connectivity index is 2.88. The fourth-order valence-corrected chi connectivity index (χ4v) is 2.17. The molecule has 1 rings (SSSR count). The van der Waals surface area contributed by atoms with Crippen molar-refractivity contribution in [3.8, 4) is 0 Å². The number of nitrogens with zero attached hydrogens (tertiary/aromatic N) is 1. The van der Waals surface area contributed by atoms with Crippen LogP contribution < -0.4 is 21.9 Å². The van der Waals surface area contributed by atoms with Crippen LogP contribution >= 0.6 is 0 Å². The average molecular weight is 362 g/mol. The topological polar surface area (TPSA) is 140 Å². The van der Waals surface area contributed by atoms with Crippen LogP contribution in [0.1, 0.15) is 26.7 Å². The largest absolute Gasteiger partial charge is 0.368 e. The maximum Gasteiger partial charge on any atom is 0.274 e. The Morgan fingerprint density at radius 3 is 2.54 bits per heavy atom. The number of nitrogens with one attached hydrogen (secondary N) is 2. The lowest BCUT2D eigenvalue weighted by Crippen LogP contribution is -2.43. The molecule has 3 amide bonds. The first kappa shape index (κ1) is 20.8. The van der Waals surface area contributed by atoms with Crippen molar-refractivity contribution in [3.63, 3.8) is 0 Å². The number of carbonyl (C=O) groups excluding carboxylic acids is 4. The Morgan fingerprint density at radius 2 is 1.96 bits per heavy atom. The predicted molar refractivity (Wildman–Crippen MR) is 95.2 cm³/mol. The highest BCUT2D eigenvalue weighted by atomic mass is 16.2.